The summed E-state index contributed by atoms with van der Waals surface area (Å²) in [6.07, 6.45) is 1.64. The molecule has 7 nitrogen and oxygen atoms in total. The van der Waals surface area contributed by atoms with E-state index in [1.54, 1.807) is 0 Å². The number of guanidine groups is 1. The zero-order valence-electron chi connectivity index (χ0n) is 18.7. The molecule has 2 aliphatic rings. The van der Waals surface area contributed by atoms with Crippen LogP contribution in [-0.4, -0.2) is 73.1 Å². The van der Waals surface area contributed by atoms with Gasteiger partial charge < -0.3 is 20.3 Å². The molecule has 166 valence electrons. The van der Waals surface area contributed by atoms with Crippen molar-refractivity contribution >= 4 is 11.9 Å². The zero-order valence-corrected chi connectivity index (χ0v) is 18.7. The SMILES string of the molecule is CCNC(=NCc1ccccc1CN1CCCC1=O)NCC(C)(C)N1CCOCC1. The van der Waals surface area contributed by atoms with Crippen LogP contribution in [-0.2, 0) is 22.6 Å². The minimum Gasteiger partial charge on any atom is -0.379 e. The number of carbonyl (C=O) groups is 1. The lowest BCUT2D eigenvalue weighted by Gasteiger charge is -2.41. The molecule has 2 heterocycles. The average molecular weight is 416 g/mol. The summed E-state index contributed by atoms with van der Waals surface area (Å²) in [7, 11) is 0. The molecule has 1 amide bonds. The van der Waals surface area contributed by atoms with E-state index in [0.29, 0.717) is 19.5 Å². The second-order valence-electron chi connectivity index (χ2n) is 8.65. The minimum atomic E-state index is 0.0218. The first-order valence-electron chi connectivity index (χ1n) is 11.2. The van der Waals surface area contributed by atoms with Crippen molar-refractivity contribution in [2.45, 2.75) is 52.2 Å². The summed E-state index contributed by atoms with van der Waals surface area (Å²) >= 11 is 0. The van der Waals surface area contributed by atoms with Gasteiger partial charge in [0.2, 0.25) is 5.91 Å². The Hall–Kier alpha value is -2.12. The molecule has 0 unspecified atom stereocenters. The lowest BCUT2D eigenvalue weighted by Crippen LogP contribution is -2.56. The second-order valence-corrected chi connectivity index (χ2v) is 8.65. The highest BCUT2D eigenvalue weighted by Crippen LogP contribution is 2.18. The number of rotatable bonds is 8. The topological polar surface area (TPSA) is 69.2 Å². The number of hydrogen-bond donors (Lipinski definition) is 2. The normalized spacial score (nSPS) is 18.7. The van der Waals surface area contributed by atoms with Crippen molar-refractivity contribution in [2.75, 3.05) is 45.9 Å². The number of nitrogens with one attached hydrogen (secondary N) is 2. The van der Waals surface area contributed by atoms with Crippen molar-refractivity contribution in [3.63, 3.8) is 0 Å². The van der Waals surface area contributed by atoms with Crippen molar-refractivity contribution in [1.29, 1.82) is 0 Å². The summed E-state index contributed by atoms with van der Waals surface area (Å²) in [6, 6.07) is 8.30. The molecule has 0 bridgehead atoms. The maximum absolute atomic E-state index is 12.0. The Morgan fingerprint density at radius 2 is 1.87 bits per heavy atom. The van der Waals surface area contributed by atoms with Crippen LogP contribution in [0.3, 0.4) is 0 Å². The monoisotopic (exact) mass is 415 g/mol. The Morgan fingerprint density at radius 1 is 1.13 bits per heavy atom. The van der Waals surface area contributed by atoms with Gasteiger partial charge in [0, 0.05) is 51.2 Å². The van der Waals surface area contributed by atoms with Gasteiger partial charge in [-0.25, -0.2) is 4.99 Å². The summed E-state index contributed by atoms with van der Waals surface area (Å²) < 4.78 is 5.49. The largest absolute Gasteiger partial charge is 0.379 e. The van der Waals surface area contributed by atoms with Crippen LogP contribution in [0.1, 0.15) is 44.7 Å². The lowest BCUT2D eigenvalue weighted by atomic mass is 10.0. The van der Waals surface area contributed by atoms with Crippen LogP contribution in [0.5, 0.6) is 0 Å². The molecule has 1 aromatic carbocycles. The number of ether oxygens (including phenoxy) is 1. The molecule has 0 radical (unpaired) electrons. The van der Waals surface area contributed by atoms with Crippen LogP contribution in [0, 0.1) is 0 Å². The molecule has 0 atom stereocenters. The zero-order chi connectivity index (χ0) is 21.4. The fraction of sp³-hybridized carbons (Fsp3) is 0.652. The number of amides is 1. The van der Waals surface area contributed by atoms with Crippen molar-refractivity contribution < 1.29 is 9.53 Å². The highest BCUT2D eigenvalue weighted by atomic mass is 16.5. The van der Waals surface area contributed by atoms with Crippen LogP contribution in [0.2, 0.25) is 0 Å². The molecular formula is C23H37N5O2. The van der Waals surface area contributed by atoms with Gasteiger partial charge in [0.1, 0.15) is 0 Å². The van der Waals surface area contributed by atoms with Crippen LogP contribution >= 0.6 is 0 Å². The predicted octanol–water partition coefficient (Wildman–Crippen LogP) is 1.97. The maximum atomic E-state index is 12.0. The van der Waals surface area contributed by atoms with Gasteiger partial charge in [-0.3, -0.25) is 9.69 Å². The molecule has 2 fully saturated rings. The fourth-order valence-corrected chi connectivity index (χ4v) is 4.03. The van der Waals surface area contributed by atoms with Crippen molar-refractivity contribution in [2.24, 2.45) is 4.99 Å². The van der Waals surface area contributed by atoms with E-state index in [4.69, 9.17) is 9.73 Å². The van der Waals surface area contributed by atoms with Gasteiger partial charge in [0.15, 0.2) is 5.96 Å². The Labute approximate surface area is 180 Å². The molecule has 1 aromatic rings. The number of aliphatic imine (C=N–C) groups is 1. The number of nitrogens with zero attached hydrogens (tertiary/aromatic N) is 3. The molecule has 0 aromatic heterocycles. The van der Waals surface area contributed by atoms with Gasteiger partial charge in [0.25, 0.3) is 0 Å². The third-order valence-corrected chi connectivity index (χ3v) is 5.96. The molecule has 7 heteroatoms. The summed E-state index contributed by atoms with van der Waals surface area (Å²) in [4.78, 5) is 21.3. The lowest BCUT2D eigenvalue weighted by molar-refractivity contribution is -0.128. The molecule has 0 aliphatic carbocycles. The van der Waals surface area contributed by atoms with E-state index in [1.807, 2.05) is 17.0 Å². The molecule has 2 aliphatic heterocycles. The van der Waals surface area contributed by atoms with Crippen LogP contribution in [0.25, 0.3) is 0 Å². The van der Waals surface area contributed by atoms with Crippen molar-refractivity contribution in [1.82, 2.24) is 20.4 Å². The quantitative estimate of drug-likeness (QED) is 0.502. The van der Waals surface area contributed by atoms with Gasteiger partial charge in [-0.2, -0.15) is 0 Å². The van der Waals surface area contributed by atoms with E-state index in [2.05, 4.69) is 48.4 Å². The van der Waals surface area contributed by atoms with Crippen LogP contribution < -0.4 is 10.6 Å². The van der Waals surface area contributed by atoms with Gasteiger partial charge >= 0.3 is 0 Å². The van der Waals surface area contributed by atoms with Crippen LogP contribution in [0.15, 0.2) is 29.3 Å². The summed E-state index contributed by atoms with van der Waals surface area (Å²) in [5.74, 6) is 1.08. The summed E-state index contributed by atoms with van der Waals surface area (Å²) in [6.45, 7) is 13.9. The second kappa shape index (κ2) is 10.8. The molecule has 30 heavy (non-hydrogen) atoms. The van der Waals surface area contributed by atoms with Crippen LogP contribution in [0.4, 0.5) is 0 Å². The first-order chi connectivity index (χ1) is 14.5. The van der Waals surface area contributed by atoms with Gasteiger partial charge in [-0.15, -0.1) is 0 Å². The van der Waals surface area contributed by atoms with Gasteiger partial charge in [-0.05, 0) is 38.3 Å². The van der Waals surface area contributed by atoms with E-state index < -0.39 is 0 Å². The molecule has 3 rings (SSSR count). The number of likely N-dealkylation sites (tertiary alicyclic amines) is 1. The Morgan fingerprint density at radius 3 is 2.53 bits per heavy atom. The third-order valence-electron chi connectivity index (χ3n) is 5.96. The van der Waals surface area contributed by atoms with E-state index in [-0.39, 0.29) is 11.4 Å². The first-order valence-corrected chi connectivity index (χ1v) is 11.2. The molecular weight excluding hydrogens is 378 g/mol. The molecule has 2 N–H and O–H groups in total. The summed E-state index contributed by atoms with van der Waals surface area (Å²) in [5.41, 5.74) is 2.37. The standard InChI is InChI=1S/C23H37N5O2/c1-4-24-22(26-18-23(2,3)28-12-14-30-15-13-28)25-16-19-8-5-6-9-20(19)17-27-11-7-10-21(27)29/h5-6,8-9H,4,7,10-18H2,1-3H3,(H2,24,25,26). The van der Waals surface area contributed by atoms with Gasteiger partial charge in [-0.1, -0.05) is 24.3 Å². The predicted molar refractivity (Wildman–Crippen MR) is 120 cm³/mol. The Balaban J connectivity index is 1.62. The van der Waals surface area contributed by atoms with E-state index in [0.717, 1.165) is 58.3 Å². The molecule has 0 saturated carbocycles. The molecule has 2 saturated heterocycles. The number of carbonyl (C=O) groups excluding carboxylic acids is 1. The van der Waals surface area contributed by atoms with E-state index >= 15 is 0 Å². The number of hydrogen-bond acceptors (Lipinski definition) is 4. The van der Waals surface area contributed by atoms with Gasteiger partial charge in [0.05, 0.1) is 19.8 Å². The maximum Gasteiger partial charge on any atom is 0.222 e. The number of benzene rings is 1. The van der Waals surface area contributed by atoms with Crippen molar-refractivity contribution in [3.8, 4) is 0 Å². The van der Waals surface area contributed by atoms with E-state index in [1.165, 1.54) is 11.1 Å². The Kier molecular flexibility index (Phi) is 8.10. The first kappa shape index (κ1) is 22.6. The summed E-state index contributed by atoms with van der Waals surface area (Å²) in [5, 5.41) is 6.88. The smallest absolute Gasteiger partial charge is 0.222 e. The van der Waals surface area contributed by atoms with E-state index in [9.17, 15) is 4.79 Å². The Bertz CT molecular complexity index is 728. The highest BCUT2D eigenvalue weighted by Gasteiger charge is 2.28. The highest BCUT2D eigenvalue weighted by molar-refractivity contribution is 5.80. The van der Waals surface area contributed by atoms with Crippen molar-refractivity contribution in [3.05, 3.63) is 35.4 Å². The average Bonchev–Trinajstić information content (AvgIpc) is 3.16. The minimum absolute atomic E-state index is 0.0218. The number of morpholine rings is 1. The third kappa shape index (κ3) is 6.19. The molecule has 0 spiro atoms. The fourth-order valence-electron chi connectivity index (χ4n) is 4.03.